The summed E-state index contributed by atoms with van der Waals surface area (Å²) in [6.07, 6.45) is 5.08. The number of rotatable bonds is 7. The van der Waals surface area contributed by atoms with Gasteiger partial charge in [-0.2, -0.15) is 17.0 Å². The summed E-state index contributed by atoms with van der Waals surface area (Å²) in [5, 5.41) is 0. The minimum atomic E-state index is -3.49. The quantitative estimate of drug-likeness (QED) is 0.659. The molecule has 0 aliphatic heterocycles. The third kappa shape index (κ3) is 3.76. The number of nitrogens with zero attached hydrogens (tertiary/aromatic N) is 2. The molecule has 0 spiro atoms. The lowest BCUT2D eigenvalue weighted by Gasteiger charge is -2.29. The maximum absolute atomic E-state index is 12.4. The van der Waals surface area contributed by atoms with E-state index in [2.05, 4.69) is 4.74 Å². The van der Waals surface area contributed by atoms with Crippen LogP contribution in [0.15, 0.2) is 0 Å². The molecule has 2 fully saturated rings. The molecule has 7 heteroatoms. The Kier molecular flexibility index (Phi) is 5.27. The monoisotopic (exact) mass is 318 g/mol. The highest BCUT2D eigenvalue weighted by Gasteiger charge is 2.41. The summed E-state index contributed by atoms with van der Waals surface area (Å²) < 4.78 is 32.1. The lowest BCUT2D eigenvalue weighted by Crippen LogP contribution is -2.43. The molecular weight excluding hydrogens is 292 g/mol. The first-order valence-corrected chi connectivity index (χ1v) is 8.98. The molecule has 6 nitrogen and oxygen atoms in total. The highest BCUT2D eigenvalue weighted by Crippen LogP contribution is 2.48. The lowest BCUT2D eigenvalue weighted by molar-refractivity contribution is -0.140. The largest absolute Gasteiger partial charge is 0.469 e. The first-order valence-electron chi connectivity index (χ1n) is 7.59. The van der Waals surface area contributed by atoms with Crippen LogP contribution in [-0.2, 0) is 19.7 Å². The van der Waals surface area contributed by atoms with E-state index in [1.165, 1.54) is 42.0 Å². The average Bonchev–Trinajstić information content (AvgIpc) is 3.06. The second-order valence-corrected chi connectivity index (χ2v) is 8.51. The number of fused-ring (bicyclic) bond motifs is 2. The molecule has 0 aromatic carbocycles. The van der Waals surface area contributed by atoms with Gasteiger partial charge in [-0.05, 0) is 37.0 Å². The fourth-order valence-electron chi connectivity index (χ4n) is 3.73. The Labute approximate surface area is 127 Å². The summed E-state index contributed by atoms with van der Waals surface area (Å²) in [7, 11) is 0.960. The van der Waals surface area contributed by atoms with Crippen LogP contribution in [0.5, 0.6) is 0 Å². The normalized spacial score (nSPS) is 28.5. The molecule has 2 rings (SSSR count). The van der Waals surface area contributed by atoms with E-state index in [-0.39, 0.29) is 13.0 Å². The van der Waals surface area contributed by atoms with Gasteiger partial charge in [0.25, 0.3) is 10.2 Å². The Morgan fingerprint density at radius 2 is 1.90 bits per heavy atom. The van der Waals surface area contributed by atoms with E-state index in [4.69, 9.17) is 0 Å². The van der Waals surface area contributed by atoms with Crippen LogP contribution in [-0.4, -0.2) is 57.3 Å². The average molecular weight is 318 g/mol. The van der Waals surface area contributed by atoms with Gasteiger partial charge in [0.1, 0.15) is 0 Å². The number of hydrogen-bond donors (Lipinski definition) is 0. The van der Waals surface area contributed by atoms with Crippen molar-refractivity contribution in [1.82, 2.24) is 8.61 Å². The van der Waals surface area contributed by atoms with E-state index in [0.717, 1.165) is 12.3 Å². The molecule has 0 aromatic heterocycles. The van der Waals surface area contributed by atoms with Crippen molar-refractivity contribution in [3.63, 3.8) is 0 Å². The number of esters is 1. The SMILES string of the molecule is COC(=O)CCN(C)S(=O)(=O)N(C)CC1CC2CCC1C2. The van der Waals surface area contributed by atoms with Crippen molar-refractivity contribution in [1.29, 1.82) is 0 Å². The molecule has 0 aromatic rings. The summed E-state index contributed by atoms with van der Waals surface area (Å²) in [5.41, 5.74) is 0. The Morgan fingerprint density at radius 1 is 1.19 bits per heavy atom. The van der Waals surface area contributed by atoms with E-state index in [1.807, 2.05) is 0 Å². The van der Waals surface area contributed by atoms with Gasteiger partial charge in [0.15, 0.2) is 0 Å². The first kappa shape index (κ1) is 16.7. The Hall–Kier alpha value is -0.660. The van der Waals surface area contributed by atoms with E-state index in [0.29, 0.717) is 18.4 Å². The van der Waals surface area contributed by atoms with E-state index >= 15 is 0 Å². The molecule has 0 heterocycles. The second kappa shape index (κ2) is 6.62. The van der Waals surface area contributed by atoms with Gasteiger partial charge >= 0.3 is 5.97 Å². The molecule has 2 saturated carbocycles. The zero-order valence-corrected chi connectivity index (χ0v) is 13.9. The Balaban J connectivity index is 1.87. The third-order valence-corrected chi connectivity index (χ3v) is 6.93. The standard InChI is InChI=1S/C14H26N2O4S/c1-15(7-6-14(17)20-3)21(18,19)16(2)10-13-9-11-4-5-12(13)8-11/h11-13H,4-10H2,1-3H3. The molecule has 21 heavy (non-hydrogen) atoms. The summed E-state index contributed by atoms with van der Waals surface area (Å²) in [6, 6.07) is 0. The Morgan fingerprint density at radius 3 is 2.43 bits per heavy atom. The molecule has 2 aliphatic carbocycles. The van der Waals surface area contributed by atoms with Gasteiger partial charge in [0.2, 0.25) is 0 Å². The molecule has 0 amide bonds. The molecule has 122 valence electrons. The molecule has 2 bridgehead atoms. The van der Waals surface area contributed by atoms with E-state index < -0.39 is 16.2 Å². The highest BCUT2D eigenvalue weighted by atomic mass is 32.2. The number of carbonyl (C=O) groups excluding carboxylic acids is 1. The summed E-state index contributed by atoms with van der Waals surface area (Å²) in [6.45, 7) is 0.738. The van der Waals surface area contributed by atoms with Crippen molar-refractivity contribution in [3.05, 3.63) is 0 Å². The van der Waals surface area contributed by atoms with E-state index in [9.17, 15) is 13.2 Å². The van der Waals surface area contributed by atoms with Crippen LogP contribution < -0.4 is 0 Å². The molecule has 0 N–H and O–H groups in total. The topological polar surface area (TPSA) is 66.9 Å². The fourth-order valence-corrected chi connectivity index (χ4v) is 4.91. The van der Waals surface area contributed by atoms with Gasteiger partial charge in [0, 0.05) is 27.2 Å². The zero-order valence-electron chi connectivity index (χ0n) is 13.1. The van der Waals surface area contributed by atoms with Gasteiger partial charge in [-0.1, -0.05) is 6.42 Å². The van der Waals surface area contributed by atoms with Crippen LogP contribution in [0, 0.1) is 17.8 Å². The lowest BCUT2D eigenvalue weighted by atomic mass is 9.89. The number of methoxy groups -OCH3 is 1. The minimum Gasteiger partial charge on any atom is -0.469 e. The Bertz CT molecular complexity index is 479. The van der Waals surface area contributed by atoms with Crippen molar-refractivity contribution in [3.8, 4) is 0 Å². The molecule has 0 saturated heterocycles. The summed E-state index contributed by atoms with van der Waals surface area (Å²) in [4.78, 5) is 11.1. The summed E-state index contributed by atoms with van der Waals surface area (Å²) >= 11 is 0. The zero-order chi connectivity index (χ0) is 15.6. The van der Waals surface area contributed by atoms with E-state index in [1.54, 1.807) is 7.05 Å². The second-order valence-electron chi connectivity index (χ2n) is 6.37. The number of ether oxygens (including phenoxy) is 1. The van der Waals surface area contributed by atoms with Crippen LogP contribution in [0.2, 0.25) is 0 Å². The van der Waals surface area contributed by atoms with Crippen LogP contribution >= 0.6 is 0 Å². The van der Waals surface area contributed by atoms with Gasteiger partial charge in [-0.15, -0.1) is 0 Å². The van der Waals surface area contributed by atoms with Crippen LogP contribution in [0.3, 0.4) is 0 Å². The number of hydrogen-bond acceptors (Lipinski definition) is 4. The molecule has 2 aliphatic rings. The van der Waals surface area contributed by atoms with Crippen molar-refractivity contribution in [2.24, 2.45) is 17.8 Å². The van der Waals surface area contributed by atoms with Gasteiger partial charge < -0.3 is 4.74 Å². The third-order valence-electron chi connectivity index (χ3n) is 5.02. The van der Waals surface area contributed by atoms with Crippen molar-refractivity contribution >= 4 is 16.2 Å². The van der Waals surface area contributed by atoms with Crippen molar-refractivity contribution < 1.29 is 17.9 Å². The van der Waals surface area contributed by atoms with Crippen LogP contribution in [0.4, 0.5) is 0 Å². The van der Waals surface area contributed by atoms with Crippen molar-refractivity contribution in [2.45, 2.75) is 32.1 Å². The molecular formula is C14H26N2O4S. The molecule has 0 radical (unpaired) electrons. The first-order chi connectivity index (χ1) is 9.84. The fraction of sp³-hybridized carbons (Fsp3) is 0.929. The minimum absolute atomic E-state index is 0.0776. The summed E-state index contributed by atoms with van der Waals surface area (Å²) in [5.74, 6) is 1.62. The molecule has 3 atom stereocenters. The predicted molar refractivity (Wildman–Crippen MR) is 79.8 cm³/mol. The van der Waals surface area contributed by atoms with Gasteiger partial charge in [0.05, 0.1) is 13.5 Å². The van der Waals surface area contributed by atoms with Crippen LogP contribution in [0.1, 0.15) is 32.1 Å². The maximum Gasteiger partial charge on any atom is 0.306 e. The van der Waals surface area contributed by atoms with Crippen LogP contribution in [0.25, 0.3) is 0 Å². The highest BCUT2D eigenvalue weighted by molar-refractivity contribution is 7.86. The maximum atomic E-state index is 12.4. The number of carbonyl (C=O) groups is 1. The molecule has 3 unspecified atom stereocenters. The predicted octanol–water partition coefficient (Wildman–Crippen LogP) is 1.09. The van der Waals surface area contributed by atoms with Gasteiger partial charge in [-0.25, -0.2) is 0 Å². The van der Waals surface area contributed by atoms with Crippen molar-refractivity contribution in [2.75, 3.05) is 34.3 Å². The van der Waals surface area contributed by atoms with Gasteiger partial charge in [-0.3, -0.25) is 4.79 Å². The smallest absolute Gasteiger partial charge is 0.306 e.